The van der Waals surface area contributed by atoms with Crippen LogP contribution in [-0.4, -0.2) is 18.9 Å². The van der Waals surface area contributed by atoms with Gasteiger partial charge in [0.15, 0.2) is 0 Å². The van der Waals surface area contributed by atoms with Crippen LogP contribution >= 0.6 is 0 Å². The molecule has 3 nitrogen and oxygen atoms in total. The van der Waals surface area contributed by atoms with Crippen LogP contribution in [0.5, 0.6) is 5.75 Å². The number of nitrogens with one attached hydrogen (secondary N) is 1. The second-order valence-corrected chi connectivity index (χ2v) is 9.91. The van der Waals surface area contributed by atoms with Crippen molar-refractivity contribution in [2.24, 2.45) is 4.99 Å². The molecule has 0 spiro atoms. The third-order valence-electron chi connectivity index (χ3n) is 6.89. The van der Waals surface area contributed by atoms with Crippen molar-refractivity contribution in [3.8, 4) is 28.7 Å². The van der Waals surface area contributed by atoms with Gasteiger partial charge in [-0.05, 0) is 78.4 Å². The van der Waals surface area contributed by atoms with Crippen molar-refractivity contribution in [1.29, 1.82) is 0 Å². The van der Waals surface area contributed by atoms with E-state index < -0.39 is 0 Å². The fourth-order valence-electron chi connectivity index (χ4n) is 4.66. The van der Waals surface area contributed by atoms with Gasteiger partial charge in [0.25, 0.3) is 0 Å². The lowest BCUT2D eigenvalue weighted by molar-refractivity contribution is 0.324. The minimum Gasteiger partial charge on any atom is -0.492 e. The van der Waals surface area contributed by atoms with Gasteiger partial charge in [-0.3, -0.25) is 0 Å². The van der Waals surface area contributed by atoms with E-state index in [4.69, 9.17) is 4.74 Å². The number of fused-ring (bicyclic) bond motifs is 1. The highest BCUT2D eigenvalue weighted by Gasteiger charge is 2.11. The second kappa shape index (κ2) is 15.3. The Morgan fingerprint density at radius 3 is 2.62 bits per heavy atom. The van der Waals surface area contributed by atoms with E-state index in [-0.39, 0.29) is 1.43 Å². The van der Waals surface area contributed by atoms with Crippen LogP contribution in [0.2, 0.25) is 0 Å². The number of aliphatic imine (C=N–C) groups is 1. The Labute approximate surface area is 253 Å². The van der Waals surface area contributed by atoms with E-state index in [1.165, 1.54) is 27.9 Å². The van der Waals surface area contributed by atoms with Crippen molar-refractivity contribution in [2.45, 2.75) is 53.5 Å². The molecule has 2 aliphatic heterocycles. The molecule has 0 aliphatic carbocycles. The molecule has 3 aromatic rings. The molecule has 2 aliphatic rings. The third kappa shape index (κ3) is 8.14. The Bertz CT molecular complexity index is 1640. The molecule has 1 N–H and O–H groups in total. The quantitative estimate of drug-likeness (QED) is 0.179. The minimum absolute atomic E-state index is 0. The van der Waals surface area contributed by atoms with Gasteiger partial charge in [0.2, 0.25) is 0 Å². The summed E-state index contributed by atoms with van der Waals surface area (Å²) in [5.74, 6) is 7.46. The summed E-state index contributed by atoms with van der Waals surface area (Å²) < 4.78 is 6.15. The molecule has 0 saturated heterocycles. The van der Waals surface area contributed by atoms with Crippen molar-refractivity contribution in [3.63, 3.8) is 0 Å². The second-order valence-electron chi connectivity index (χ2n) is 9.91. The maximum absolute atomic E-state index is 6.15. The monoisotopic (exact) mass is 554 g/mol. The zero-order valence-corrected chi connectivity index (χ0v) is 25.4. The van der Waals surface area contributed by atoms with E-state index in [0.29, 0.717) is 19.1 Å². The van der Waals surface area contributed by atoms with Crippen molar-refractivity contribution < 1.29 is 6.16 Å². The lowest BCUT2D eigenvalue weighted by atomic mass is 9.97. The fourth-order valence-corrected chi connectivity index (χ4v) is 4.66. The Balaban J connectivity index is 0.00000165. The molecule has 2 heterocycles. The number of hydrogen-bond acceptors (Lipinski definition) is 3. The van der Waals surface area contributed by atoms with Crippen LogP contribution in [0.3, 0.4) is 0 Å². The summed E-state index contributed by atoms with van der Waals surface area (Å²) >= 11 is 0. The Kier molecular flexibility index (Phi) is 11.0. The van der Waals surface area contributed by atoms with Gasteiger partial charge in [0.1, 0.15) is 11.4 Å². The van der Waals surface area contributed by atoms with Crippen LogP contribution in [-0.2, 0) is 6.42 Å². The highest BCUT2D eigenvalue weighted by atomic mass is 16.5. The van der Waals surface area contributed by atoms with Crippen LogP contribution in [0.1, 0.15) is 59.2 Å². The number of rotatable bonds is 7. The van der Waals surface area contributed by atoms with Gasteiger partial charge in [0, 0.05) is 36.9 Å². The summed E-state index contributed by atoms with van der Waals surface area (Å²) in [5.41, 5.74) is 13.2. The molecular formula is C39H42N2O. The lowest BCUT2D eigenvalue weighted by Crippen LogP contribution is -2.15. The molecule has 42 heavy (non-hydrogen) atoms. The summed E-state index contributed by atoms with van der Waals surface area (Å²) in [6.07, 6.45) is 13.7. The number of ether oxygens (including phenoxy) is 1. The van der Waals surface area contributed by atoms with Gasteiger partial charge in [-0.15, -0.1) is 0 Å². The first-order valence-corrected chi connectivity index (χ1v) is 14.9. The van der Waals surface area contributed by atoms with E-state index in [1.807, 2.05) is 57.2 Å². The normalized spacial score (nSPS) is 15.1. The molecule has 0 fully saturated rings. The molecule has 214 valence electrons. The maximum atomic E-state index is 6.15. The summed E-state index contributed by atoms with van der Waals surface area (Å²) in [4.78, 5) is 4.49. The molecule has 0 aromatic heterocycles. The molecular weight excluding hydrogens is 512 g/mol. The van der Waals surface area contributed by atoms with E-state index >= 15 is 0 Å². The zero-order valence-electron chi connectivity index (χ0n) is 25.4. The smallest absolute Gasteiger partial charge is 0.122 e. The van der Waals surface area contributed by atoms with Crippen molar-refractivity contribution in [1.82, 2.24) is 0 Å². The van der Waals surface area contributed by atoms with E-state index in [1.54, 1.807) is 6.21 Å². The molecule has 0 saturated carbocycles. The van der Waals surface area contributed by atoms with Gasteiger partial charge in [0.05, 0.1) is 6.61 Å². The average Bonchev–Trinajstić information content (AvgIpc) is 3.21. The lowest BCUT2D eigenvalue weighted by Gasteiger charge is -2.20. The van der Waals surface area contributed by atoms with Crippen molar-refractivity contribution in [3.05, 3.63) is 124 Å². The fraction of sp³-hybridized carbons (Fsp3) is 0.231. The predicted octanol–water partition coefficient (Wildman–Crippen LogP) is 9.94. The minimum atomic E-state index is 0. The number of nitrogens with zero attached hydrogens (tertiary/aromatic N) is 1. The summed E-state index contributed by atoms with van der Waals surface area (Å²) in [6, 6.07) is 23.6. The molecule has 0 radical (unpaired) electrons. The summed E-state index contributed by atoms with van der Waals surface area (Å²) in [7, 11) is 0. The molecule has 3 aromatic carbocycles. The van der Waals surface area contributed by atoms with Crippen LogP contribution in [0.15, 0.2) is 113 Å². The van der Waals surface area contributed by atoms with Gasteiger partial charge in [-0.2, -0.15) is 0 Å². The molecule has 0 amide bonds. The van der Waals surface area contributed by atoms with Crippen LogP contribution in [0.25, 0.3) is 23.3 Å². The highest BCUT2D eigenvalue weighted by Crippen LogP contribution is 2.32. The number of aryl methyl sites for hydroxylation is 1. The van der Waals surface area contributed by atoms with Crippen molar-refractivity contribution in [2.75, 3.05) is 11.9 Å². The van der Waals surface area contributed by atoms with Crippen LogP contribution < -0.4 is 10.1 Å². The van der Waals surface area contributed by atoms with Crippen LogP contribution in [0, 0.1) is 11.8 Å². The number of benzene rings is 3. The van der Waals surface area contributed by atoms with E-state index in [0.717, 1.165) is 34.6 Å². The first-order valence-electron chi connectivity index (χ1n) is 14.9. The summed E-state index contributed by atoms with van der Waals surface area (Å²) in [6.45, 7) is 10.9. The van der Waals surface area contributed by atoms with Gasteiger partial charge in [-0.25, -0.2) is 4.99 Å². The predicted molar refractivity (Wildman–Crippen MR) is 183 cm³/mol. The largest absolute Gasteiger partial charge is 0.492 e. The standard InChI is InChI=1S/C37H34N2O.C2H6.H2/c1-4-30-25-33(34-17-16-32-15-13-28(3)39-36(32)26-34)18-20-37(30)40-23-9-8-12-31-21-22-38-35(24-27(31)2)19-14-29-10-6-5-7-11-29;1-2;/h5-7,10-11,13-22,25-26,28,39H,4,9,23H2,1-3H3;1-2H3;1H. The van der Waals surface area contributed by atoms with Crippen LogP contribution in [0.4, 0.5) is 5.69 Å². The number of allylic oxidation sites excluding steroid dienone is 3. The van der Waals surface area contributed by atoms with E-state index in [2.05, 4.69) is 102 Å². The Morgan fingerprint density at radius 2 is 1.81 bits per heavy atom. The third-order valence-corrected chi connectivity index (χ3v) is 6.89. The molecule has 5 rings (SSSR count). The number of anilines is 1. The van der Waals surface area contributed by atoms with Crippen molar-refractivity contribution >= 4 is 24.1 Å². The molecule has 1 atom stereocenters. The van der Waals surface area contributed by atoms with Gasteiger partial charge >= 0.3 is 0 Å². The first-order chi connectivity index (χ1) is 20.6. The highest BCUT2D eigenvalue weighted by molar-refractivity contribution is 5.79. The first kappa shape index (κ1) is 30.2. The average molecular weight is 555 g/mol. The van der Waals surface area contributed by atoms with E-state index in [9.17, 15) is 0 Å². The molecule has 0 bridgehead atoms. The van der Waals surface area contributed by atoms with Gasteiger partial charge < -0.3 is 10.1 Å². The zero-order chi connectivity index (χ0) is 29.7. The van der Waals surface area contributed by atoms with Gasteiger partial charge in [-0.1, -0.05) is 105 Å². The molecule has 3 heteroatoms. The molecule has 1 unspecified atom stereocenters. The topological polar surface area (TPSA) is 33.6 Å². The summed E-state index contributed by atoms with van der Waals surface area (Å²) in [5, 5.41) is 3.55. The Morgan fingerprint density at radius 1 is 1.02 bits per heavy atom. The number of hydrogen-bond donors (Lipinski definition) is 1. The Hall–Kier alpha value is -4.77. The maximum Gasteiger partial charge on any atom is 0.122 e. The SMILES string of the molecule is CC.CCc1cc(-c2ccc3c(c2)NC(C)C=C3)ccc1OCCC#CC1=CC=NC(C=Cc2ccccc2)=C=C1C.[HH].